The zero-order valence-corrected chi connectivity index (χ0v) is 12.6. The molecule has 0 aliphatic carbocycles. The van der Waals surface area contributed by atoms with E-state index in [4.69, 9.17) is 18.0 Å². The minimum atomic E-state index is -0.426. The molecule has 0 aliphatic rings. The molecular weight excluding hydrogens is 327 g/mol. The highest BCUT2D eigenvalue weighted by Crippen LogP contribution is 2.28. The first kappa shape index (κ1) is 14.0. The van der Waals surface area contributed by atoms with Gasteiger partial charge in [-0.3, -0.25) is 0 Å². The van der Waals surface area contributed by atoms with Crippen molar-refractivity contribution in [1.29, 1.82) is 0 Å². The van der Waals surface area contributed by atoms with Gasteiger partial charge in [0.05, 0.1) is 11.3 Å². The number of halogens is 2. The maximum absolute atomic E-state index is 13.8. The van der Waals surface area contributed by atoms with Crippen molar-refractivity contribution in [3.63, 3.8) is 0 Å². The van der Waals surface area contributed by atoms with Crippen molar-refractivity contribution >= 4 is 44.5 Å². The summed E-state index contributed by atoms with van der Waals surface area (Å²) in [5, 5.41) is 3.17. The van der Waals surface area contributed by atoms with Crippen LogP contribution in [0.1, 0.15) is 11.1 Å². The summed E-state index contributed by atoms with van der Waals surface area (Å²) in [6.07, 6.45) is 0. The lowest BCUT2D eigenvalue weighted by Crippen LogP contribution is -2.14. The molecule has 0 atom stereocenters. The van der Waals surface area contributed by atoms with Crippen LogP contribution in [0.5, 0.6) is 0 Å². The fraction of sp³-hybridized carbons (Fsp3) is 0.0714. The molecule has 0 aromatic heterocycles. The molecule has 0 aliphatic heterocycles. The van der Waals surface area contributed by atoms with E-state index < -0.39 is 5.82 Å². The second kappa shape index (κ2) is 5.67. The van der Waals surface area contributed by atoms with Gasteiger partial charge in [0.1, 0.15) is 10.8 Å². The molecule has 0 saturated heterocycles. The van der Waals surface area contributed by atoms with Crippen LogP contribution in [0.3, 0.4) is 0 Å². The van der Waals surface area contributed by atoms with Gasteiger partial charge in [0.25, 0.3) is 0 Å². The highest BCUT2D eigenvalue weighted by atomic mass is 79.9. The minimum absolute atomic E-state index is 0.0354. The summed E-state index contributed by atoms with van der Waals surface area (Å²) in [6, 6.07) is 10.5. The molecule has 0 heterocycles. The quantitative estimate of drug-likeness (QED) is 0.820. The molecule has 2 aromatic carbocycles. The maximum Gasteiger partial charge on any atom is 0.135 e. The Bertz CT molecular complexity index is 643. The van der Waals surface area contributed by atoms with E-state index in [1.54, 1.807) is 12.1 Å². The first-order chi connectivity index (χ1) is 9.00. The lowest BCUT2D eigenvalue weighted by molar-refractivity contribution is 0.626. The number of hydrogen-bond acceptors (Lipinski definition) is 2. The van der Waals surface area contributed by atoms with E-state index >= 15 is 0 Å². The third-order valence-corrected chi connectivity index (χ3v) is 3.86. The van der Waals surface area contributed by atoms with E-state index in [-0.39, 0.29) is 10.6 Å². The summed E-state index contributed by atoms with van der Waals surface area (Å²) < 4.78 is 14.7. The topological polar surface area (TPSA) is 38.0 Å². The van der Waals surface area contributed by atoms with Gasteiger partial charge in [0, 0.05) is 10.2 Å². The molecule has 0 unspecified atom stereocenters. The molecule has 98 valence electrons. The summed E-state index contributed by atoms with van der Waals surface area (Å²) in [7, 11) is 0. The predicted molar refractivity (Wildman–Crippen MR) is 84.4 cm³/mol. The number of hydrogen-bond donors (Lipinski definition) is 2. The second-order valence-corrected chi connectivity index (χ2v) is 5.36. The van der Waals surface area contributed by atoms with Crippen molar-refractivity contribution in [3.8, 4) is 0 Å². The van der Waals surface area contributed by atoms with Crippen LogP contribution in [0.25, 0.3) is 0 Å². The Morgan fingerprint density at radius 3 is 2.53 bits per heavy atom. The van der Waals surface area contributed by atoms with Crippen molar-refractivity contribution < 1.29 is 4.39 Å². The summed E-state index contributed by atoms with van der Waals surface area (Å²) in [5.41, 5.74) is 8.28. The molecule has 0 bridgehead atoms. The zero-order valence-electron chi connectivity index (χ0n) is 10.2. The van der Waals surface area contributed by atoms with Crippen molar-refractivity contribution in [2.24, 2.45) is 5.73 Å². The SMILES string of the molecule is Cc1c(Br)cccc1Nc1cccc(F)c1C(N)=S. The molecule has 3 N–H and O–H groups in total. The van der Waals surface area contributed by atoms with E-state index in [0.29, 0.717) is 5.69 Å². The molecule has 0 radical (unpaired) electrons. The van der Waals surface area contributed by atoms with E-state index in [9.17, 15) is 4.39 Å². The molecule has 19 heavy (non-hydrogen) atoms. The van der Waals surface area contributed by atoms with Crippen LogP contribution in [-0.2, 0) is 0 Å². The zero-order chi connectivity index (χ0) is 14.0. The smallest absolute Gasteiger partial charge is 0.135 e. The third-order valence-electron chi connectivity index (χ3n) is 2.80. The highest BCUT2D eigenvalue weighted by Gasteiger charge is 2.12. The average Bonchev–Trinajstić information content (AvgIpc) is 2.34. The Labute approximate surface area is 124 Å². The van der Waals surface area contributed by atoms with Crippen molar-refractivity contribution in [2.75, 3.05) is 5.32 Å². The van der Waals surface area contributed by atoms with Gasteiger partial charge in [-0.2, -0.15) is 0 Å². The highest BCUT2D eigenvalue weighted by molar-refractivity contribution is 9.10. The predicted octanol–water partition coefficient (Wildman–Crippen LogP) is 4.27. The molecule has 0 saturated carbocycles. The molecular formula is C14H12BrFN2S. The van der Waals surface area contributed by atoms with E-state index in [1.807, 2.05) is 25.1 Å². The number of rotatable bonds is 3. The van der Waals surface area contributed by atoms with Gasteiger partial charge < -0.3 is 11.1 Å². The van der Waals surface area contributed by atoms with Crippen molar-refractivity contribution in [3.05, 3.63) is 57.8 Å². The summed E-state index contributed by atoms with van der Waals surface area (Å²) in [5.74, 6) is -0.426. The van der Waals surface area contributed by atoms with Crippen molar-refractivity contribution in [1.82, 2.24) is 0 Å². The summed E-state index contributed by atoms with van der Waals surface area (Å²) in [4.78, 5) is 0.0354. The summed E-state index contributed by atoms with van der Waals surface area (Å²) in [6.45, 7) is 1.96. The van der Waals surface area contributed by atoms with Gasteiger partial charge in [-0.05, 0) is 36.8 Å². The Kier molecular flexibility index (Phi) is 4.17. The Balaban J connectivity index is 2.47. The number of thiocarbonyl (C=S) groups is 1. The Morgan fingerprint density at radius 1 is 1.21 bits per heavy atom. The third kappa shape index (κ3) is 2.93. The van der Waals surface area contributed by atoms with Crippen LogP contribution in [0, 0.1) is 12.7 Å². The number of nitrogens with two attached hydrogens (primary N) is 1. The first-order valence-electron chi connectivity index (χ1n) is 5.61. The van der Waals surface area contributed by atoms with Gasteiger partial charge in [-0.1, -0.05) is 40.3 Å². The monoisotopic (exact) mass is 338 g/mol. The maximum atomic E-state index is 13.8. The first-order valence-corrected chi connectivity index (χ1v) is 6.81. The van der Waals surface area contributed by atoms with Crippen LogP contribution < -0.4 is 11.1 Å². The Hall–Kier alpha value is -1.46. The fourth-order valence-electron chi connectivity index (χ4n) is 1.77. The van der Waals surface area contributed by atoms with E-state index in [0.717, 1.165) is 15.7 Å². The molecule has 5 heteroatoms. The molecule has 0 amide bonds. The minimum Gasteiger partial charge on any atom is -0.389 e. The lowest BCUT2D eigenvalue weighted by Gasteiger charge is -2.14. The van der Waals surface area contributed by atoms with Crippen molar-refractivity contribution in [2.45, 2.75) is 6.92 Å². The fourth-order valence-corrected chi connectivity index (χ4v) is 2.34. The van der Waals surface area contributed by atoms with Crippen LogP contribution in [0.15, 0.2) is 40.9 Å². The molecule has 0 fully saturated rings. The van der Waals surface area contributed by atoms with Crippen LogP contribution in [0.4, 0.5) is 15.8 Å². The number of anilines is 2. The number of benzene rings is 2. The van der Waals surface area contributed by atoms with E-state index in [1.165, 1.54) is 6.07 Å². The average molecular weight is 339 g/mol. The normalized spacial score (nSPS) is 10.3. The van der Waals surface area contributed by atoms with Gasteiger partial charge in [-0.15, -0.1) is 0 Å². The van der Waals surface area contributed by atoms with Crippen LogP contribution in [0.2, 0.25) is 0 Å². The molecule has 2 aromatic rings. The lowest BCUT2D eigenvalue weighted by atomic mass is 10.1. The second-order valence-electron chi connectivity index (χ2n) is 4.06. The van der Waals surface area contributed by atoms with Crippen LogP contribution >= 0.6 is 28.1 Å². The summed E-state index contributed by atoms with van der Waals surface area (Å²) >= 11 is 8.36. The largest absolute Gasteiger partial charge is 0.389 e. The molecule has 2 rings (SSSR count). The standard InChI is InChI=1S/C14H12BrFN2S/c1-8-9(15)4-2-6-11(8)18-12-7-3-5-10(16)13(12)14(17)19/h2-7,18H,1H3,(H2,17,19). The number of nitrogens with one attached hydrogen (secondary N) is 1. The van der Waals surface area contributed by atoms with Gasteiger partial charge >= 0.3 is 0 Å². The van der Waals surface area contributed by atoms with Gasteiger partial charge in [0.2, 0.25) is 0 Å². The van der Waals surface area contributed by atoms with Gasteiger partial charge in [-0.25, -0.2) is 4.39 Å². The van der Waals surface area contributed by atoms with Crippen LogP contribution in [-0.4, -0.2) is 4.99 Å². The van der Waals surface area contributed by atoms with E-state index in [2.05, 4.69) is 21.2 Å². The van der Waals surface area contributed by atoms with Gasteiger partial charge in [0.15, 0.2) is 0 Å². The Morgan fingerprint density at radius 2 is 1.84 bits per heavy atom. The molecule has 0 spiro atoms. The molecule has 2 nitrogen and oxygen atoms in total.